The summed E-state index contributed by atoms with van der Waals surface area (Å²) in [5.41, 5.74) is 5.34. The van der Waals surface area contributed by atoms with E-state index >= 15 is 0 Å². The van der Waals surface area contributed by atoms with Crippen molar-refractivity contribution in [3.8, 4) is 0 Å². The molecule has 0 bridgehead atoms. The van der Waals surface area contributed by atoms with E-state index in [4.69, 9.17) is 10.9 Å². The first kappa shape index (κ1) is 13.1. The molecule has 0 aliphatic heterocycles. The molecular formula is C8H17N3O2S. The third kappa shape index (κ3) is 4.96. The van der Waals surface area contributed by atoms with Crippen LogP contribution in [0, 0.1) is 0 Å². The van der Waals surface area contributed by atoms with Crippen LogP contribution >= 0.6 is 11.8 Å². The van der Waals surface area contributed by atoms with E-state index in [0.29, 0.717) is 12.3 Å². The molecule has 0 aliphatic carbocycles. The number of carbonyl (C=O) groups is 1. The molecule has 0 heterocycles. The van der Waals surface area contributed by atoms with Gasteiger partial charge in [0, 0.05) is 6.54 Å². The first-order valence-corrected chi connectivity index (χ1v) is 5.78. The second kappa shape index (κ2) is 7.49. The van der Waals surface area contributed by atoms with Gasteiger partial charge in [0.25, 0.3) is 0 Å². The monoisotopic (exact) mass is 219 g/mol. The first-order chi connectivity index (χ1) is 6.65. The van der Waals surface area contributed by atoms with E-state index in [9.17, 15) is 4.79 Å². The van der Waals surface area contributed by atoms with Gasteiger partial charge in [-0.05, 0) is 12.7 Å². The molecule has 82 valence electrons. The molecule has 0 saturated heterocycles. The molecule has 0 fully saturated rings. The van der Waals surface area contributed by atoms with E-state index in [0.717, 1.165) is 6.42 Å². The van der Waals surface area contributed by atoms with Gasteiger partial charge in [-0.2, -0.15) is 11.8 Å². The average molecular weight is 219 g/mol. The van der Waals surface area contributed by atoms with E-state index in [-0.39, 0.29) is 18.3 Å². The molecule has 0 unspecified atom stereocenters. The zero-order chi connectivity index (χ0) is 11.0. The Bertz CT molecular complexity index is 209. The van der Waals surface area contributed by atoms with E-state index in [2.05, 4.69) is 5.16 Å². The van der Waals surface area contributed by atoms with Crippen LogP contribution < -0.4 is 5.73 Å². The number of nitrogens with two attached hydrogens (primary N) is 1. The topological polar surface area (TPSA) is 78.9 Å². The number of amides is 1. The zero-order valence-corrected chi connectivity index (χ0v) is 9.38. The quantitative estimate of drug-likeness (QED) is 0.292. The Labute approximate surface area is 88.3 Å². The molecule has 0 saturated carbocycles. The Kier molecular flexibility index (Phi) is 7.00. The van der Waals surface area contributed by atoms with Crippen molar-refractivity contribution in [3.05, 3.63) is 0 Å². The van der Waals surface area contributed by atoms with Crippen molar-refractivity contribution < 1.29 is 10.0 Å². The molecule has 0 aliphatic rings. The maximum atomic E-state index is 11.5. The van der Waals surface area contributed by atoms with Crippen molar-refractivity contribution in [2.75, 3.05) is 25.1 Å². The Morgan fingerprint density at radius 3 is 2.71 bits per heavy atom. The lowest BCUT2D eigenvalue weighted by molar-refractivity contribution is -0.127. The molecule has 0 spiro atoms. The smallest absolute Gasteiger partial charge is 0.232 e. The minimum absolute atomic E-state index is 0.0194. The maximum absolute atomic E-state index is 11.5. The average Bonchev–Trinajstić information content (AvgIpc) is 2.17. The van der Waals surface area contributed by atoms with Crippen molar-refractivity contribution >= 4 is 23.5 Å². The molecule has 0 aromatic rings. The third-order valence-electron chi connectivity index (χ3n) is 1.60. The van der Waals surface area contributed by atoms with Gasteiger partial charge in [0.05, 0.1) is 12.3 Å². The molecule has 0 rings (SSSR count). The summed E-state index contributed by atoms with van der Waals surface area (Å²) in [7, 11) is 0. The van der Waals surface area contributed by atoms with E-state index in [1.807, 2.05) is 13.2 Å². The first-order valence-electron chi connectivity index (χ1n) is 4.38. The van der Waals surface area contributed by atoms with Crippen LogP contribution in [0.15, 0.2) is 5.16 Å². The Morgan fingerprint density at radius 2 is 2.29 bits per heavy atom. The highest BCUT2D eigenvalue weighted by atomic mass is 32.2. The number of hydrogen-bond donors (Lipinski definition) is 2. The molecular weight excluding hydrogens is 202 g/mol. The van der Waals surface area contributed by atoms with Gasteiger partial charge in [-0.15, -0.1) is 0 Å². The van der Waals surface area contributed by atoms with Crippen LogP contribution in [-0.4, -0.2) is 46.9 Å². The minimum atomic E-state index is 0.0194. The summed E-state index contributed by atoms with van der Waals surface area (Å²) < 4.78 is 0. The van der Waals surface area contributed by atoms with Gasteiger partial charge in [0.15, 0.2) is 5.84 Å². The second-order valence-electron chi connectivity index (χ2n) is 2.84. The van der Waals surface area contributed by atoms with Gasteiger partial charge in [-0.3, -0.25) is 4.79 Å². The number of hydrogen-bond acceptors (Lipinski definition) is 4. The number of oxime groups is 1. The van der Waals surface area contributed by atoms with Crippen LogP contribution in [0.5, 0.6) is 0 Å². The third-order valence-corrected chi connectivity index (χ3v) is 2.13. The summed E-state index contributed by atoms with van der Waals surface area (Å²) in [6, 6.07) is 0. The van der Waals surface area contributed by atoms with Gasteiger partial charge in [-0.25, -0.2) is 0 Å². The predicted molar refractivity (Wildman–Crippen MR) is 58.7 cm³/mol. The maximum Gasteiger partial charge on any atom is 0.232 e. The summed E-state index contributed by atoms with van der Waals surface area (Å²) in [5.74, 6) is 0.512. The molecule has 0 atom stereocenters. The van der Waals surface area contributed by atoms with Crippen molar-refractivity contribution in [1.82, 2.24) is 4.90 Å². The second-order valence-corrected chi connectivity index (χ2v) is 3.71. The molecule has 5 nitrogen and oxygen atoms in total. The molecule has 3 N–H and O–H groups in total. The highest BCUT2D eigenvalue weighted by Gasteiger charge is 2.13. The molecule has 6 heteroatoms. The zero-order valence-electron chi connectivity index (χ0n) is 8.56. The Balaban J connectivity index is 4.20. The lowest BCUT2D eigenvalue weighted by atomic mass is 10.4. The fraction of sp³-hybridized carbons (Fsp3) is 0.750. The summed E-state index contributed by atoms with van der Waals surface area (Å²) in [6.45, 7) is 2.81. The van der Waals surface area contributed by atoms with E-state index in [1.165, 1.54) is 11.8 Å². The van der Waals surface area contributed by atoms with Crippen LogP contribution in [-0.2, 0) is 4.79 Å². The fourth-order valence-corrected chi connectivity index (χ4v) is 1.43. The molecule has 14 heavy (non-hydrogen) atoms. The van der Waals surface area contributed by atoms with Crippen LogP contribution in [0.1, 0.15) is 13.3 Å². The minimum Gasteiger partial charge on any atom is -0.409 e. The Morgan fingerprint density at radius 1 is 1.64 bits per heavy atom. The number of amidine groups is 1. The summed E-state index contributed by atoms with van der Waals surface area (Å²) in [4.78, 5) is 13.1. The SMILES string of the molecule is CCCN(CC(N)=NO)C(=O)CSC. The van der Waals surface area contributed by atoms with E-state index < -0.39 is 0 Å². The van der Waals surface area contributed by atoms with Gasteiger partial charge >= 0.3 is 0 Å². The number of nitrogens with zero attached hydrogens (tertiary/aromatic N) is 2. The van der Waals surface area contributed by atoms with Crippen molar-refractivity contribution in [2.45, 2.75) is 13.3 Å². The molecule has 0 aromatic heterocycles. The van der Waals surface area contributed by atoms with Crippen molar-refractivity contribution in [2.24, 2.45) is 10.9 Å². The van der Waals surface area contributed by atoms with E-state index in [1.54, 1.807) is 4.90 Å². The lowest BCUT2D eigenvalue weighted by Crippen LogP contribution is -2.40. The fourth-order valence-electron chi connectivity index (χ4n) is 1.00. The van der Waals surface area contributed by atoms with Crippen LogP contribution in [0.4, 0.5) is 0 Å². The Hall–Kier alpha value is -0.910. The van der Waals surface area contributed by atoms with Crippen molar-refractivity contribution in [1.29, 1.82) is 0 Å². The van der Waals surface area contributed by atoms with Gasteiger partial charge in [0.2, 0.25) is 5.91 Å². The highest BCUT2D eigenvalue weighted by Crippen LogP contribution is 1.99. The largest absolute Gasteiger partial charge is 0.409 e. The summed E-state index contributed by atoms with van der Waals surface area (Å²) in [6.07, 6.45) is 2.73. The molecule has 0 radical (unpaired) electrons. The lowest BCUT2D eigenvalue weighted by Gasteiger charge is -2.20. The number of rotatable bonds is 6. The highest BCUT2D eigenvalue weighted by molar-refractivity contribution is 7.99. The predicted octanol–water partition coefficient (Wildman–Crippen LogP) is 0.334. The standard InChI is InChI=1S/C8H17N3O2S/c1-3-4-11(5-7(9)10-13)8(12)6-14-2/h13H,3-6H2,1-2H3,(H2,9,10). The molecule has 1 amide bonds. The van der Waals surface area contributed by atoms with Gasteiger partial charge in [0.1, 0.15) is 0 Å². The van der Waals surface area contributed by atoms with Crippen LogP contribution in [0.2, 0.25) is 0 Å². The van der Waals surface area contributed by atoms with Crippen LogP contribution in [0.3, 0.4) is 0 Å². The van der Waals surface area contributed by atoms with Gasteiger partial charge in [-0.1, -0.05) is 12.1 Å². The van der Waals surface area contributed by atoms with Crippen LogP contribution in [0.25, 0.3) is 0 Å². The number of carbonyl (C=O) groups excluding carboxylic acids is 1. The normalized spacial score (nSPS) is 11.4. The summed E-state index contributed by atoms with van der Waals surface area (Å²) in [5, 5.41) is 11.2. The molecule has 0 aromatic carbocycles. The summed E-state index contributed by atoms with van der Waals surface area (Å²) >= 11 is 1.46. The van der Waals surface area contributed by atoms with Crippen molar-refractivity contribution in [3.63, 3.8) is 0 Å². The number of thioether (sulfide) groups is 1. The van der Waals surface area contributed by atoms with Gasteiger partial charge < -0.3 is 15.8 Å².